The van der Waals surface area contributed by atoms with Crippen molar-refractivity contribution in [3.8, 4) is 11.5 Å². The highest BCUT2D eigenvalue weighted by atomic mass is 32.1. The van der Waals surface area contributed by atoms with Crippen LogP contribution in [0.4, 0.5) is 0 Å². The molecule has 1 saturated heterocycles. The van der Waals surface area contributed by atoms with Gasteiger partial charge in [0.1, 0.15) is 26.2 Å². The maximum atomic E-state index is 12.0. The molecule has 2 heterocycles. The first-order chi connectivity index (χ1) is 13.5. The molecule has 0 spiro atoms. The highest BCUT2D eigenvalue weighted by Gasteiger charge is 2.28. The van der Waals surface area contributed by atoms with E-state index >= 15 is 0 Å². The summed E-state index contributed by atoms with van der Waals surface area (Å²) >= 11 is 5.40. The van der Waals surface area contributed by atoms with Gasteiger partial charge in [-0.15, -0.1) is 5.10 Å². The van der Waals surface area contributed by atoms with E-state index in [-0.39, 0.29) is 5.91 Å². The Bertz CT molecular complexity index is 889. The fraction of sp³-hybridized carbons (Fsp3) is 0.550. The molecule has 0 radical (unpaired) electrons. The summed E-state index contributed by atoms with van der Waals surface area (Å²) < 4.78 is 7.56. The van der Waals surface area contributed by atoms with E-state index in [2.05, 4.69) is 42.5 Å². The summed E-state index contributed by atoms with van der Waals surface area (Å²) in [5, 5.41) is 7.70. The van der Waals surface area contributed by atoms with Crippen molar-refractivity contribution >= 4 is 18.1 Å². The van der Waals surface area contributed by atoms with E-state index < -0.39 is 0 Å². The topological polar surface area (TPSA) is 68.9 Å². The molecule has 1 amide bonds. The van der Waals surface area contributed by atoms with E-state index in [1.165, 1.54) is 20.9 Å². The minimum atomic E-state index is 0.192. The third-order valence-electron chi connectivity index (χ3n) is 5.47. The highest BCUT2D eigenvalue weighted by molar-refractivity contribution is 7.71. The predicted molar refractivity (Wildman–Crippen MR) is 108 cm³/mol. The van der Waals surface area contributed by atoms with E-state index in [4.69, 9.17) is 16.6 Å². The predicted octanol–water partition coefficient (Wildman–Crippen LogP) is -0.491. The summed E-state index contributed by atoms with van der Waals surface area (Å²) in [6, 6.07) is 6.71. The SMILES string of the molecule is Cc1cc(C)cc(-c2nn(C[NH+]3CC[NH+](CC(=O)NC4CC4)CC3)c(=S)o2)c1. The van der Waals surface area contributed by atoms with Gasteiger partial charge < -0.3 is 19.5 Å². The van der Waals surface area contributed by atoms with Crippen molar-refractivity contribution in [2.45, 2.75) is 39.4 Å². The Balaban J connectivity index is 1.33. The molecule has 1 aromatic heterocycles. The second-order valence-electron chi connectivity index (χ2n) is 8.23. The van der Waals surface area contributed by atoms with Crippen molar-refractivity contribution < 1.29 is 19.0 Å². The number of piperazine rings is 1. The fourth-order valence-corrected chi connectivity index (χ4v) is 4.04. The Kier molecular flexibility index (Phi) is 5.61. The van der Waals surface area contributed by atoms with Crippen molar-refractivity contribution in [3.63, 3.8) is 0 Å². The van der Waals surface area contributed by atoms with E-state index in [1.54, 1.807) is 4.68 Å². The van der Waals surface area contributed by atoms with Crippen molar-refractivity contribution in [3.05, 3.63) is 34.2 Å². The average Bonchev–Trinajstić information content (AvgIpc) is 3.37. The number of carbonyl (C=O) groups is 1. The summed E-state index contributed by atoms with van der Waals surface area (Å²) in [7, 11) is 0. The number of nitrogens with one attached hydrogen (secondary N) is 3. The van der Waals surface area contributed by atoms with Crippen molar-refractivity contribution in [2.75, 3.05) is 32.7 Å². The molecule has 2 aliphatic rings. The van der Waals surface area contributed by atoms with Crippen LogP contribution in [0.2, 0.25) is 0 Å². The Morgan fingerprint density at radius 3 is 2.46 bits per heavy atom. The van der Waals surface area contributed by atoms with Crippen LogP contribution in [0.25, 0.3) is 11.5 Å². The number of aromatic nitrogens is 2. The Labute approximate surface area is 170 Å². The lowest BCUT2D eigenvalue weighted by Crippen LogP contribution is -3.28. The molecule has 1 aliphatic carbocycles. The average molecular weight is 404 g/mol. The normalized spacial score (nSPS) is 22.2. The molecular formula is C20H29N5O2S+2. The van der Waals surface area contributed by atoms with Gasteiger partial charge in [0, 0.05) is 11.6 Å². The van der Waals surface area contributed by atoms with Gasteiger partial charge in [0.05, 0.1) is 0 Å². The van der Waals surface area contributed by atoms with Crippen LogP contribution in [0, 0.1) is 18.7 Å². The molecule has 7 nitrogen and oxygen atoms in total. The fourth-order valence-electron chi connectivity index (χ4n) is 3.86. The zero-order chi connectivity index (χ0) is 19.7. The van der Waals surface area contributed by atoms with E-state index in [0.29, 0.717) is 30.0 Å². The van der Waals surface area contributed by atoms with Crippen LogP contribution in [0.15, 0.2) is 22.6 Å². The van der Waals surface area contributed by atoms with Gasteiger partial charge in [-0.05, 0) is 51.0 Å². The number of amides is 1. The van der Waals surface area contributed by atoms with Gasteiger partial charge in [-0.2, -0.15) is 4.68 Å². The van der Waals surface area contributed by atoms with Crippen molar-refractivity contribution in [1.29, 1.82) is 0 Å². The summed E-state index contributed by atoms with van der Waals surface area (Å²) in [4.78, 5) is 15.2. The van der Waals surface area contributed by atoms with E-state index in [0.717, 1.165) is 44.6 Å². The lowest BCUT2D eigenvalue weighted by Gasteiger charge is -2.28. The molecule has 0 atom stereocenters. The number of nitrogens with zero attached hydrogens (tertiary/aromatic N) is 2. The van der Waals surface area contributed by atoms with Crippen LogP contribution in [0.1, 0.15) is 24.0 Å². The first kappa shape index (κ1) is 19.3. The summed E-state index contributed by atoms with van der Waals surface area (Å²) in [6.45, 7) is 9.40. The van der Waals surface area contributed by atoms with Crippen LogP contribution >= 0.6 is 12.2 Å². The van der Waals surface area contributed by atoms with E-state index in [1.807, 2.05) is 0 Å². The third-order valence-corrected chi connectivity index (χ3v) is 5.76. The number of rotatable bonds is 6. The van der Waals surface area contributed by atoms with Crippen LogP contribution in [0.5, 0.6) is 0 Å². The van der Waals surface area contributed by atoms with Crippen molar-refractivity contribution in [2.24, 2.45) is 0 Å². The molecule has 4 rings (SSSR count). The monoisotopic (exact) mass is 403 g/mol. The molecule has 0 unspecified atom stereocenters. The van der Waals surface area contributed by atoms with Crippen LogP contribution in [-0.2, 0) is 11.5 Å². The number of hydrogen-bond donors (Lipinski definition) is 3. The maximum Gasteiger partial charge on any atom is 0.292 e. The lowest BCUT2D eigenvalue weighted by atomic mass is 10.1. The number of aryl methyl sites for hydroxylation is 2. The molecule has 8 heteroatoms. The molecule has 28 heavy (non-hydrogen) atoms. The molecule has 2 fully saturated rings. The first-order valence-electron chi connectivity index (χ1n) is 10.1. The van der Waals surface area contributed by atoms with E-state index in [9.17, 15) is 4.79 Å². The number of quaternary nitrogens is 2. The van der Waals surface area contributed by atoms with Crippen LogP contribution in [-0.4, -0.2) is 54.5 Å². The summed E-state index contributed by atoms with van der Waals surface area (Å²) in [6.07, 6.45) is 2.28. The second-order valence-corrected chi connectivity index (χ2v) is 8.57. The molecule has 3 N–H and O–H groups in total. The van der Waals surface area contributed by atoms with Gasteiger partial charge in [-0.25, -0.2) is 0 Å². The van der Waals surface area contributed by atoms with Gasteiger partial charge in [-0.1, -0.05) is 17.2 Å². The quantitative estimate of drug-likeness (QED) is 0.570. The summed E-state index contributed by atoms with van der Waals surface area (Å²) in [5.74, 6) is 0.773. The standard InChI is InChI=1S/C20H27N5O2S/c1-14-9-15(2)11-16(10-14)19-22-25(20(28)27-19)13-24-7-5-23(6-8-24)12-18(26)21-17-3-4-17/h9-11,17H,3-8,12-13H2,1-2H3,(H,21,26)/p+2. The van der Waals surface area contributed by atoms with Crippen LogP contribution < -0.4 is 15.1 Å². The smallest absolute Gasteiger partial charge is 0.292 e. The first-order valence-corrected chi connectivity index (χ1v) is 10.5. The zero-order valence-electron chi connectivity index (χ0n) is 16.6. The second kappa shape index (κ2) is 8.14. The highest BCUT2D eigenvalue weighted by Crippen LogP contribution is 2.20. The molecule has 150 valence electrons. The Hall–Kier alpha value is -2.03. The molecule has 1 aliphatic heterocycles. The van der Waals surface area contributed by atoms with Gasteiger partial charge in [0.2, 0.25) is 5.89 Å². The third kappa shape index (κ3) is 4.87. The van der Waals surface area contributed by atoms with Gasteiger partial charge in [0.25, 0.3) is 10.7 Å². The molecule has 1 saturated carbocycles. The Morgan fingerprint density at radius 2 is 1.82 bits per heavy atom. The van der Waals surface area contributed by atoms with Gasteiger partial charge in [0.15, 0.2) is 13.2 Å². The van der Waals surface area contributed by atoms with Crippen molar-refractivity contribution in [1.82, 2.24) is 15.1 Å². The number of hydrogen-bond acceptors (Lipinski definition) is 4. The number of carbonyl (C=O) groups excluding carboxylic acids is 1. The van der Waals surface area contributed by atoms with Gasteiger partial charge >= 0.3 is 0 Å². The molecule has 0 bridgehead atoms. The lowest BCUT2D eigenvalue weighted by molar-refractivity contribution is -1.02. The molecule has 1 aromatic carbocycles. The summed E-state index contributed by atoms with van der Waals surface area (Å²) in [5.41, 5.74) is 3.33. The number of benzene rings is 1. The Morgan fingerprint density at radius 1 is 1.18 bits per heavy atom. The maximum absolute atomic E-state index is 12.0. The minimum absolute atomic E-state index is 0.192. The molecular weight excluding hydrogens is 374 g/mol. The largest absolute Gasteiger partial charge is 0.409 e. The zero-order valence-corrected chi connectivity index (χ0v) is 17.4. The minimum Gasteiger partial charge on any atom is -0.409 e. The molecule has 2 aromatic rings. The van der Waals surface area contributed by atoms with Crippen LogP contribution in [0.3, 0.4) is 0 Å². The van der Waals surface area contributed by atoms with Gasteiger partial charge in [-0.3, -0.25) is 4.79 Å².